The molecule has 0 heterocycles. The number of ether oxygens (including phenoxy) is 3. The molecule has 0 saturated heterocycles. The van der Waals surface area contributed by atoms with Crippen molar-refractivity contribution in [1.29, 1.82) is 0 Å². The summed E-state index contributed by atoms with van der Waals surface area (Å²) in [6, 6.07) is 7.68. The van der Waals surface area contributed by atoms with Crippen LogP contribution in [0.5, 0.6) is 0 Å². The number of benzene rings is 1. The summed E-state index contributed by atoms with van der Waals surface area (Å²) in [4.78, 5) is 23.6. The van der Waals surface area contributed by atoms with Crippen LogP contribution in [0.1, 0.15) is 80.1 Å². The van der Waals surface area contributed by atoms with Gasteiger partial charge < -0.3 is 14.2 Å². The molecule has 176 valence electrons. The van der Waals surface area contributed by atoms with Gasteiger partial charge in [0.1, 0.15) is 6.10 Å². The molecular formula is C27H38O5. The van der Waals surface area contributed by atoms with E-state index in [1.807, 2.05) is 31.4 Å². The van der Waals surface area contributed by atoms with Gasteiger partial charge in [-0.3, -0.25) is 0 Å². The van der Waals surface area contributed by atoms with Crippen LogP contribution in [-0.4, -0.2) is 37.9 Å². The van der Waals surface area contributed by atoms with Gasteiger partial charge in [-0.25, -0.2) is 9.59 Å². The minimum Gasteiger partial charge on any atom is -0.463 e. The average Bonchev–Trinajstić information content (AvgIpc) is 2.84. The van der Waals surface area contributed by atoms with Gasteiger partial charge >= 0.3 is 11.9 Å². The number of hydrogen-bond acceptors (Lipinski definition) is 5. The fraction of sp³-hybridized carbons (Fsp3) is 0.630. The Morgan fingerprint density at radius 3 is 2.06 bits per heavy atom. The smallest absolute Gasteiger partial charge is 0.338 e. The average molecular weight is 443 g/mol. The van der Waals surface area contributed by atoms with Gasteiger partial charge in [0.2, 0.25) is 0 Å². The molecule has 0 spiro atoms. The predicted molar refractivity (Wildman–Crippen MR) is 124 cm³/mol. The standard InChI is InChI=1S/C27H38O5/c1-3-26(28)31-19-5-4-6-20-7-9-23(10-8-20)27(29)32-25-17-13-22(14-18-25)21-11-15-24(30-2)16-12-21/h3,7-10,21-22,24-25H,1,4-6,11-19H2,2H3. The molecule has 3 rings (SSSR count). The zero-order valence-electron chi connectivity index (χ0n) is 19.4. The van der Waals surface area contributed by atoms with Gasteiger partial charge in [0.05, 0.1) is 18.3 Å². The van der Waals surface area contributed by atoms with Crippen molar-refractivity contribution in [3.05, 3.63) is 48.0 Å². The fourth-order valence-electron chi connectivity index (χ4n) is 5.16. The largest absolute Gasteiger partial charge is 0.463 e. The van der Waals surface area contributed by atoms with E-state index in [0.717, 1.165) is 43.9 Å². The quantitative estimate of drug-likeness (QED) is 0.266. The summed E-state index contributed by atoms with van der Waals surface area (Å²) in [6.45, 7) is 3.79. The van der Waals surface area contributed by atoms with Crippen molar-refractivity contribution < 1.29 is 23.8 Å². The van der Waals surface area contributed by atoms with Crippen LogP contribution in [0.15, 0.2) is 36.9 Å². The van der Waals surface area contributed by atoms with E-state index >= 15 is 0 Å². The lowest BCUT2D eigenvalue weighted by atomic mass is 9.72. The molecule has 0 aromatic heterocycles. The topological polar surface area (TPSA) is 61.8 Å². The third-order valence-electron chi connectivity index (χ3n) is 7.17. The first-order valence-electron chi connectivity index (χ1n) is 12.2. The maximum absolute atomic E-state index is 12.6. The Morgan fingerprint density at radius 1 is 0.906 bits per heavy atom. The molecule has 2 saturated carbocycles. The summed E-state index contributed by atoms with van der Waals surface area (Å²) in [5, 5.41) is 0. The molecule has 2 fully saturated rings. The highest BCUT2D eigenvalue weighted by atomic mass is 16.5. The second-order valence-corrected chi connectivity index (χ2v) is 9.24. The van der Waals surface area contributed by atoms with E-state index in [1.54, 1.807) is 0 Å². The lowest BCUT2D eigenvalue weighted by Crippen LogP contribution is -2.31. The van der Waals surface area contributed by atoms with Crippen LogP contribution in [0, 0.1) is 11.8 Å². The number of carbonyl (C=O) groups is 2. The number of unbranched alkanes of at least 4 members (excludes halogenated alkanes) is 1. The maximum Gasteiger partial charge on any atom is 0.338 e. The lowest BCUT2D eigenvalue weighted by Gasteiger charge is -2.37. The SMILES string of the molecule is C=CC(=O)OCCCCc1ccc(C(=O)OC2CCC(C3CCC(OC)CC3)CC2)cc1. The molecule has 2 aliphatic carbocycles. The summed E-state index contributed by atoms with van der Waals surface area (Å²) < 4.78 is 16.3. The third-order valence-corrected chi connectivity index (χ3v) is 7.17. The second-order valence-electron chi connectivity index (χ2n) is 9.24. The Bertz CT molecular complexity index is 725. The van der Waals surface area contributed by atoms with Gasteiger partial charge in [-0.15, -0.1) is 0 Å². The Hall–Kier alpha value is -2.14. The molecule has 0 radical (unpaired) electrons. The van der Waals surface area contributed by atoms with Crippen LogP contribution in [0.2, 0.25) is 0 Å². The highest BCUT2D eigenvalue weighted by molar-refractivity contribution is 5.89. The van der Waals surface area contributed by atoms with Crippen molar-refractivity contribution in [2.24, 2.45) is 11.8 Å². The molecule has 5 heteroatoms. The van der Waals surface area contributed by atoms with Crippen molar-refractivity contribution in [2.75, 3.05) is 13.7 Å². The fourth-order valence-corrected chi connectivity index (χ4v) is 5.16. The Kier molecular flexibility index (Phi) is 9.79. The molecule has 32 heavy (non-hydrogen) atoms. The van der Waals surface area contributed by atoms with Crippen LogP contribution >= 0.6 is 0 Å². The van der Waals surface area contributed by atoms with Crippen molar-refractivity contribution in [1.82, 2.24) is 0 Å². The highest BCUT2D eigenvalue weighted by Gasteiger charge is 2.32. The molecule has 0 bridgehead atoms. The minimum absolute atomic E-state index is 0.0482. The number of carbonyl (C=O) groups excluding carboxylic acids is 2. The molecule has 0 N–H and O–H groups in total. The maximum atomic E-state index is 12.6. The first-order chi connectivity index (χ1) is 15.6. The zero-order chi connectivity index (χ0) is 22.8. The van der Waals surface area contributed by atoms with Gasteiger partial charge in [0.15, 0.2) is 0 Å². The first kappa shape index (κ1) is 24.5. The van der Waals surface area contributed by atoms with Crippen molar-refractivity contribution in [3.63, 3.8) is 0 Å². The minimum atomic E-state index is -0.379. The van der Waals surface area contributed by atoms with Gasteiger partial charge in [-0.1, -0.05) is 18.7 Å². The van der Waals surface area contributed by atoms with E-state index in [-0.39, 0.29) is 18.0 Å². The molecule has 0 unspecified atom stereocenters. The number of aryl methyl sites for hydroxylation is 1. The molecule has 1 aromatic rings. The lowest BCUT2D eigenvalue weighted by molar-refractivity contribution is -0.137. The summed E-state index contributed by atoms with van der Waals surface area (Å²) >= 11 is 0. The van der Waals surface area contributed by atoms with Gasteiger partial charge in [-0.05, 0) is 100 Å². The number of rotatable bonds is 10. The van der Waals surface area contributed by atoms with Gasteiger partial charge in [-0.2, -0.15) is 0 Å². The molecule has 1 aromatic carbocycles. The summed E-state index contributed by atoms with van der Waals surface area (Å²) in [5.74, 6) is 1.01. The molecule has 0 atom stereocenters. The van der Waals surface area contributed by atoms with Gasteiger partial charge in [0, 0.05) is 13.2 Å². The van der Waals surface area contributed by atoms with E-state index < -0.39 is 0 Å². The van der Waals surface area contributed by atoms with Crippen molar-refractivity contribution >= 4 is 11.9 Å². The molecule has 0 amide bonds. The molecule has 0 aliphatic heterocycles. The molecule has 5 nitrogen and oxygen atoms in total. The highest BCUT2D eigenvalue weighted by Crippen LogP contribution is 2.39. The van der Waals surface area contributed by atoms with Crippen LogP contribution < -0.4 is 0 Å². The monoisotopic (exact) mass is 442 g/mol. The second kappa shape index (κ2) is 12.8. The van der Waals surface area contributed by atoms with Crippen LogP contribution in [0.3, 0.4) is 0 Å². The summed E-state index contributed by atoms with van der Waals surface area (Å²) in [6.07, 6.45) is 13.5. The first-order valence-corrected chi connectivity index (χ1v) is 12.2. The van der Waals surface area contributed by atoms with Gasteiger partial charge in [0.25, 0.3) is 0 Å². The van der Waals surface area contributed by atoms with Crippen LogP contribution in [0.25, 0.3) is 0 Å². The Labute approximate surface area is 192 Å². The van der Waals surface area contributed by atoms with Crippen LogP contribution in [0.4, 0.5) is 0 Å². The molecular weight excluding hydrogens is 404 g/mol. The Morgan fingerprint density at radius 2 is 1.50 bits per heavy atom. The normalized spacial score (nSPS) is 25.7. The van der Waals surface area contributed by atoms with E-state index in [2.05, 4.69) is 6.58 Å². The number of hydrogen-bond donors (Lipinski definition) is 0. The van der Waals surface area contributed by atoms with Crippen LogP contribution in [-0.2, 0) is 25.4 Å². The Balaban J connectivity index is 1.34. The molecule has 2 aliphatic rings. The van der Waals surface area contributed by atoms with E-state index in [1.165, 1.54) is 50.2 Å². The summed E-state index contributed by atoms with van der Waals surface area (Å²) in [7, 11) is 1.82. The zero-order valence-corrected chi connectivity index (χ0v) is 19.4. The van der Waals surface area contributed by atoms with E-state index in [0.29, 0.717) is 18.3 Å². The third kappa shape index (κ3) is 7.47. The van der Waals surface area contributed by atoms with Crippen molar-refractivity contribution in [2.45, 2.75) is 82.8 Å². The van der Waals surface area contributed by atoms with Crippen molar-refractivity contribution in [3.8, 4) is 0 Å². The predicted octanol–water partition coefficient (Wildman–Crippen LogP) is 5.66. The number of esters is 2. The number of methoxy groups -OCH3 is 1. The summed E-state index contributed by atoms with van der Waals surface area (Å²) in [5.41, 5.74) is 1.79. The van der Waals surface area contributed by atoms with E-state index in [9.17, 15) is 9.59 Å². The van der Waals surface area contributed by atoms with E-state index in [4.69, 9.17) is 14.2 Å².